The van der Waals surface area contributed by atoms with Crippen LogP contribution in [0, 0.1) is 27.5 Å². The van der Waals surface area contributed by atoms with Gasteiger partial charge in [-0.1, -0.05) is 36.4 Å². The van der Waals surface area contributed by atoms with Gasteiger partial charge in [-0.15, -0.1) is 0 Å². The lowest BCUT2D eigenvalue weighted by molar-refractivity contribution is -0.385. The van der Waals surface area contributed by atoms with E-state index in [1.165, 1.54) is 11.0 Å². The number of nitrogens with one attached hydrogen (secondary N) is 2. The van der Waals surface area contributed by atoms with E-state index in [9.17, 15) is 49.1 Å². The number of nitro benzene ring substituents is 1. The molecule has 3 amide bonds. The fraction of sp³-hybridized carbons (Fsp3) is 0.314. The highest BCUT2D eigenvalue weighted by molar-refractivity contribution is 14.1. The van der Waals surface area contributed by atoms with Gasteiger partial charge in [0.05, 0.1) is 23.3 Å². The number of benzene rings is 3. The number of aromatic hydroxyl groups is 1. The molecule has 1 heterocycles. The van der Waals surface area contributed by atoms with Crippen molar-refractivity contribution in [2.75, 3.05) is 13.2 Å². The van der Waals surface area contributed by atoms with Crippen LogP contribution in [0.25, 0.3) is 0 Å². The monoisotopic (exact) mass is 814 g/mol. The normalized spacial score (nSPS) is 15.0. The molecular weight excluding hydrogens is 779 g/mol. The third-order valence-electron chi connectivity index (χ3n) is 8.31. The number of ether oxygens (including phenoxy) is 1. The summed E-state index contributed by atoms with van der Waals surface area (Å²) in [7, 11) is 0. The van der Waals surface area contributed by atoms with E-state index in [0.29, 0.717) is 23.1 Å². The molecule has 0 radical (unpaired) electrons. The van der Waals surface area contributed by atoms with E-state index in [1.807, 2.05) is 0 Å². The number of carboxylic acid groups (broad SMARTS) is 1. The molecule has 268 valence electrons. The molecule has 1 aliphatic rings. The number of aliphatic carboxylic acids is 1. The second-order valence-electron chi connectivity index (χ2n) is 12.0. The first-order valence-electron chi connectivity index (χ1n) is 15.8. The fourth-order valence-electron chi connectivity index (χ4n) is 5.77. The third-order valence-corrected chi connectivity index (χ3v) is 9.03. The van der Waals surface area contributed by atoms with Gasteiger partial charge in [-0.2, -0.15) is 0 Å². The van der Waals surface area contributed by atoms with Crippen molar-refractivity contribution in [3.8, 4) is 5.75 Å². The van der Waals surface area contributed by atoms with Crippen LogP contribution in [-0.4, -0.2) is 80.7 Å². The molecule has 15 nitrogen and oxygen atoms in total. The number of nitrogens with zero attached hydrogens (tertiary/aromatic N) is 2. The molecule has 3 aromatic carbocycles. The largest absolute Gasteiger partial charge is 0.502 e. The van der Waals surface area contributed by atoms with Gasteiger partial charge in [-0.05, 0) is 89.7 Å². The van der Waals surface area contributed by atoms with E-state index < -0.39 is 83.0 Å². The Labute approximate surface area is 305 Å². The molecule has 51 heavy (non-hydrogen) atoms. The summed E-state index contributed by atoms with van der Waals surface area (Å²) in [6.45, 7) is 2.71. The number of phenols is 1. The van der Waals surface area contributed by atoms with Gasteiger partial charge < -0.3 is 30.5 Å². The molecule has 4 N–H and O–H groups in total. The minimum Gasteiger partial charge on any atom is -0.502 e. The number of phenolic OH excluding ortho intramolecular Hbond substituents is 1. The molecule has 0 aliphatic carbocycles. The second-order valence-corrected chi connectivity index (χ2v) is 13.2. The summed E-state index contributed by atoms with van der Waals surface area (Å²) >= 11 is 2.07. The first kappa shape index (κ1) is 38.4. The predicted octanol–water partition coefficient (Wildman–Crippen LogP) is 3.30. The van der Waals surface area contributed by atoms with E-state index in [-0.39, 0.29) is 30.5 Å². The molecule has 2 unspecified atom stereocenters. The van der Waals surface area contributed by atoms with Crippen LogP contribution in [0.1, 0.15) is 57.9 Å². The number of amides is 3. The summed E-state index contributed by atoms with van der Waals surface area (Å²) in [5.74, 6) is -5.73. The van der Waals surface area contributed by atoms with E-state index in [0.717, 1.165) is 15.7 Å². The van der Waals surface area contributed by atoms with Gasteiger partial charge in [0.2, 0.25) is 17.7 Å². The Morgan fingerprint density at radius 1 is 1.02 bits per heavy atom. The Kier molecular flexibility index (Phi) is 12.8. The van der Waals surface area contributed by atoms with Crippen molar-refractivity contribution in [3.63, 3.8) is 0 Å². The molecule has 1 aliphatic heterocycles. The number of halogens is 1. The maximum absolute atomic E-state index is 14.1. The van der Waals surface area contributed by atoms with Crippen molar-refractivity contribution in [1.29, 1.82) is 0 Å². The van der Waals surface area contributed by atoms with Gasteiger partial charge in [0.25, 0.3) is 0 Å². The average Bonchev–Trinajstić information content (AvgIpc) is 3.57. The standard InChI is InChI=1S/C35H35IN4O11/c1-19-5-3-6-20(2)31(19)35(48)51-18-28(42)24(17-30(44)45)37-33(46)25-7-4-14-39(25)34(47)32(22-9-11-23(36)12-10-22)38-29(43)16-21-8-13-27(41)26(15-21)40(49)50/h3,5-6,8-13,15,24-25,32,41H,4,7,14,16-18H2,1-2H3,(H,37,46)(H,38,43)(H,44,45)/t24-,25?,32?/m0/s1. The third kappa shape index (κ3) is 9.87. The van der Waals surface area contributed by atoms with Gasteiger partial charge in [-0.25, -0.2) is 4.79 Å². The maximum atomic E-state index is 14.1. The summed E-state index contributed by atoms with van der Waals surface area (Å²) in [6.07, 6.45) is -0.605. The Morgan fingerprint density at radius 3 is 2.31 bits per heavy atom. The molecule has 0 bridgehead atoms. The number of aryl methyl sites for hydroxylation is 2. The molecule has 0 spiro atoms. The highest BCUT2D eigenvalue weighted by Gasteiger charge is 2.40. The Hall–Kier alpha value is -5.39. The number of carboxylic acids is 1. The van der Waals surface area contributed by atoms with Crippen LogP contribution in [0.15, 0.2) is 60.7 Å². The second kappa shape index (κ2) is 17.0. The van der Waals surface area contributed by atoms with Crippen molar-refractivity contribution in [3.05, 3.63) is 102 Å². The SMILES string of the molecule is Cc1cccc(C)c1C(=O)OCC(=O)[C@H](CC(=O)O)NC(=O)C1CCCN1C(=O)C(NC(=O)Cc1ccc(O)c([N+](=O)[O-])c1)c1ccc(I)cc1. The first-order valence-corrected chi connectivity index (χ1v) is 16.8. The minimum atomic E-state index is -1.57. The number of esters is 1. The average molecular weight is 815 g/mol. The van der Waals surface area contributed by atoms with Crippen LogP contribution < -0.4 is 10.6 Å². The van der Waals surface area contributed by atoms with Crippen LogP contribution in [0.3, 0.4) is 0 Å². The number of carbonyl (C=O) groups is 6. The summed E-state index contributed by atoms with van der Waals surface area (Å²) in [5, 5.41) is 35.6. The Morgan fingerprint density at radius 2 is 1.69 bits per heavy atom. The molecule has 3 aromatic rings. The lowest BCUT2D eigenvalue weighted by Crippen LogP contribution is -2.54. The van der Waals surface area contributed by atoms with Gasteiger partial charge >= 0.3 is 17.6 Å². The zero-order valence-electron chi connectivity index (χ0n) is 27.6. The molecule has 1 fully saturated rings. The van der Waals surface area contributed by atoms with Crippen molar-refractivity contribution in [1.82, 2.24) is 15.5 Å². The zero-order chi connectivity index (χ0) is 37.4. The Balaban J connectivity index is 1.50. The number of Topliss-reactive ketones (excluding diaryl/α,β-unsaturated/α-hetero) is 1. The molecule has 1 saturated heterocycles. The number of hydrogen-bond acceptors (Lipinski definition) is 10. The maximum Gasteiger partial charge on any atom is 0.339 e. The molecule has 16 heteroatoms. The topological polar surface area (TPSA) is 223 Å². The van der Waals surface area contributed by atoms with Gasteiger partial charge in [-0.3, -0.25) is 34.1 Å². The van der Waals surface area contributed by atoms with E-state index in [1.54, 1.807) is 56.3 Å². The molecule has 0 saturated carbocycles. The zero-order valence-corrected chi connectivity index (χ0v) is 29.7. The number of hydrogen-bond donors (Lipinski definition) is 4. The highest BCUT2D eigenvalue weighted by Crippen LogP contribution is 2.28. The highest BCUT2D eigenvalue weighted by atomic mass is 127. The molecule has 4 rings (SSSR count). The van der Waals surface area contributed by atoms with E-state index in [4.69, 9.17) is 4.74 Å². The van der Waals surface area contributed by atoms with Crippen LogP contribution in [0.4, 0.5) is 5.69 Å². The number of rotatable bonds is 14. The number of ketones is 1. The van der Waals surface area contributed by atoms with E-state index in [2.05, 4.69) is 33.2 Å². The molecular formula is C35H35IN4O11. The quantitative estimate of drug-likeness (QED) is 0.0800. The summed E-state index contributed by atoms with van der Waals surface area (Å²) < 4.78 is 6.03. The number of carbonyl (C=O) groups excluding carboxylic acids is 5. The van der Waals surface area contributed by atoms with Crippen LogP contribution in [-0.2, 0) is 35.1 Å². The lowest BCUT2D eigenvalue weighted by Gasteiger charge is -2.30. The van der Waals surface area contributed by atoms with Crippen LogP contribution in [0.5, 0.6) is 5.75 Å². The van der Waals surface area contributed by atoms with Gasteiger partial charge in [0.15, 0.2) is 18.1 Å². The summed E-state index contributed by atoms with van der Waals surface area (Å²) in [5.41, 5.74) is 1.52. The number of likely N-dealkylation sites (tertiary alicyclic amines) is 1. The van der Waals surface area contributed by atoms with Crippen LogP contribution >= 0.6 is 22.6 Å². The van der Waals surface area contributed by atoms with E-state index >= 15 is 0 Å². The predicted molar refractivity (Wildman–Crippen MR) is 189 cm³/mol. The van der Waals surface area contributed by atoms with Crippen molar-refractivity contribution in [2.45, 2.75) is 57.7 Å². The lowest BCUT2D eigenvalue weighted by atomic mass is 10.0. The Bertz CT molecular complexity index is 1840. The molecule has 0 aromatic heterocycles. The number of nitro groups is 1. The smallest absolute Gasteiger partial charge is 0.339 e. The van der Waals surface area contributed by atoms with Crippen molar-refractivity contribution < 1.29 is 48.6 Å². The molecule has 3 atom stereocenters. The van der Waals surface area contributed by atoms with Crippen LogP contribution in [0.2, 0.25) is 0 Å². The fourth-order valence-corrected chi connectivity index (χ4v) is 6.13. The van der Waals surface area contributed by atoms with Crippen molar-refractivity contribution in [2.24, 2.45) is 0 Å². The van der Waals surface area contributed by atoms with Gasteiger partial charge in [0.1, 0.15) is 18.1 Å². The minimum absolute atomic E-state index is 0.114. The van der Waals surface area contributed by atoms with Gasteiger partial charge in [0, 0.05) is 16.2 Å². The van der Waals surface area contributed by atoms with Crippen molar-refractivity contribution >= 4 is 63.7 Å². The summed E-state index contributed by atoms with van der Waals surface area (Å²) in [6, 6.07) is 11.4. The first-order chi connectivity index (χ1) is 24.2. The summed E-state index contributed by atoms with van der Waals surface area (Å²) in [4.78, 5) is 90.0.